The lowest BCUT2D eigenvalue weighted by Gasteiger charge is -2.34. The molecule has 0 aromatic heterocycles. The summed E-state index contributed by atoms with van der Waals surface area (Å²) in [4.78, 5) is 14.0. The summed E-state index contributed by atoms with van der Waals surface area (Å²) >= 11 is 0. The highest BCUT2D eigenvalue weighted by molar-refractivity contribution is 5.97. The van der Waals surface area contributed by atoms with Gasteiger partial charge in [-0.15, -0.1) is 0 Å². The van der Waals surface area contributed by atoms with Gasteiger partial charge in [0, 0.05) is 24.5 Å². The van der Waals surface area contributed by atoms with Crippen molar-refractivity contribution in [1.82, 2.24) is 0 Å². The number of nitrogen functional groups attached to an aromatic ring is 1. The van der Waals surface area contributed by atoms with Crippen LogP contribution in [0.1, 0.15) is 29.3 Å². The number of anilines is 2. The number of carbonyl (C=O) groups is 1. The molecule has 0 saturated carbocycles. The highest BCUT2D eigenvalue weighted by Gasteiger charge is 2.21. The summed E-state index contributed by atoms with van der Waals surface area (Å²) in [7, 11) is 1.37. The number of nitrogens with zero attached hydrogens (tertiary/aromatic N) is 1. The lowest BCUT2D eigenvalue weighted by molar-refractivity contribution is 0.0384. The van der Waals surface area contributed by atoms with Crippen LogP contribution in [-0.2, 0) is 9.47 Å². The van der Waals surface area contributed by atoms with Crippen LogP contribution in [0.4, 0.5) is 11.4 Å². The molecule has 0 radical (unpaired) electrons. The number of ether oxygens (including phenoxy) is 2. The van der Waals surface area contributed by atoms with Crippen molar-refractivity contribution in [3.05, 3.63) is 23.3 Å². The molecule has 0 bridgehead atoms. The second kappa shape index (κ2) is 6.13. The van der Waals surface area contributed by atoms with Crippen molar-refractivity contribution in [3.63, 3.8) is 0 Å². The van der Waals surface area contributed by atoms with Crippen LogP contribution in [0, 0.1) is 6.92 Å². The molecule has 0 amide bonds. The first kappa shape index (κ1) is 14.7. The van der Waals surface area contributed by atoms with Gasteiger partial charge in [0.05, 0.1) is 25.4 Å². The molecule has 1 aromatic rings. The molecule has 1 atom stereocenters. The number of nitrogens with two attached hydrogens (primary N) is 1. The van der Waals surface area contributed by atoms with Crippen LogP contribution in [0.15, 0.2) is 12.1 Å². The fraction of sp³-hybridized carbons (Fsp3) is 0.533. The molecule has 110 valence electrons. The Hall–Kier alpha value is -1.75. The van der Waals surface area contributed by atoms with E-state index in [1.807, 2.05) is 19.1 Å². The second-order valence-corrected chi connectivity index (χ2v) is 5.06. The van der Waals surface area contributed by atoms with Crippen molar-refractivity contribution in [1.29, 1.82) is 0 Å². The molecule has 1 aliphatic rings. The van der Waals surface area contributed by atoms with E-state index in [2.05, 4.69) is 11.8 Å². The van der Waals surface area contributed by atoms with Gasteiger partial charge in [-0.1, -0.05) is 6.92 Å². The van der Waals surface area contributed by atoms with Gasteiger partial charge in [0.15, 0.2) is 0 Å². The molecule has 1 aliphatic heterocycles. The number of carbonyl (C=O) groups excluding carboxylic acids is 1. The van der Waals surface area contributed by atoms with Gasteiger partial charge in [0.1, 0.15) is 0 Å². The first-order valence-electron chi connectivity index (χ1n) is 6.91. The maximum absolute atomic E-state index is 11.8. The lowest BCUT2D eigenvalue weighted by Crippen LogP contribution is -2.42. The highest BCUT2D eigenvalue weighted by atomic mass is 16.5. The van der Waals surface area contributed by atoms with Crippen LogP contribution in [0.3, 0.4) is 0 Å². The molecule has 2 rings (SSSR count). The van der Waals surface area contributed by atoms with E-state index in [0.717, 1.165) is 30.8 Å². The number of hydrogen-bond donors (Lipinski definition) is 1. The number of methoxy groups -OCH3 is 1. The van der Waals surface area contributed by atoms with Crippen molar-refractivity contribution >= 4 is 17.3 Å². The van der Waals surface area contributed by atoms with Crippen LogP contribution in [0.5, 0.6) is 0 Å². The van der Waals surface area contributed by atoms with Crippen molar-refractivity contribution in [2.45, 2.75) is 26.4 Å². The van der Waals surface area contributed by atoms with Crippen molar-refractivity contribution in [2.75, 3.05) is 37.4 Å². The first-order valence-corrected chi connectivity index (χ1v) is 6.91. The van der Waals surface area contributed by atoms with E-state index < -0.39 is 5.97 Å². The van der Waals surface area contributed by atoms with E-state index in [0.29, 0.717) is 17.9 Å². The minimum atomic E-state index is -0.396. The quantitative estimate of drug-likeness (QED) is 0.676. The number of hydrogen-bond acceptors (Lipinski definition) is 5. The topological polar surface area (TPSA) is 64.8 Å². The normalized spacial score (nSPS) is 18.9. The summed E-state index contributed by atoms with van der Waals surface area (Å²) in [6.45, 7) is 6.38. The molecule has 1 saturated heterocycles. The highest BCUT2D eigenvalue weighted by Crippen LogP contribution is 2.27. The summed E-state index contributed by atoms with van der Waals surface area (Å²) in [5, 5.41) is 0. The summed E-state index contributed by atoms with van der Waals surface area (Å²) in [5.41, 5.74) is 8.78. The molecule has 0 spiro atoms. The smallest absolute Gasteiger partial charge is 0.340 e. The minimum Gasteiger partial charge on any atom is -0.465 e. The summed E-state index contributed by atoms with van der Waals surface area (Å²) < 4.78 is 10.5. The fourth-order valence-corrected chi connectivity index (χ4v) is 2.44. The number of esters is 1. The average Bonchev–Trinajstić information content (AvgIpc) is 2.49. The van der Waals surface area contributed by atoms with Crippen molar-refractivity contribution < 1.29 is 14.3 Å². The van der Waals surface area contributed by atoms with E-state index in [-0.39, 0.29) is 6.10 Å². The van der Waals surface area contributed by atoms with E-state index in [1.165, 1.54) is 7.11 Å². The Morgan fingerprint density at radius 3 is 2.95 bits per heavy atom. The Balaban J connectivity index is 2.32. The van der Waals surface area contributed by atoms with Gasteiger partial charge in [-0.3, -0.25) is 0 Å². The summed E-state index contributed by atoms with van der Waals surface area (Å²) in [6, 6.07) is 3.83. The van der Waals surface area contributed by atoms with Gasteiger partial charge in [-0.2, -0.15) is 0 Å². The third-order valence-electron chi connectivity index (χ3n) is 3.74. The third kappa shape index (κ3) is 2.88. The number of morpholine rings is 1. The van der Waals surface area contributed by atoms with Crippen LogP contribution in [-0.4, -0.2) is 38.9 Å². The summed E-state index contributed by atoms with van der Waals surface area (Å²) in [6.07, 6.45) is 1.22. The Kier molecular flexibility index (Phi) is 4.49. The number of benzene rings is 1. The van der Waals surface area contributed by atoms with E-state index >= 15 is 0 Å². The zero-order valence-corrected chi connectivity index (χ0v) is 12.3. The third-order valence-corrected chi connectivity index (χ3v) is 3.74. The van der Waals surface area contributed by atoms with Crippen LogP contribution >= 0.6 is 0 Å². The predicted octanol–water partition coefficient (Wildman–Crippen LogP) is 1.98. The van der Waals surface area contributed by atoms with Crippen LogP contribution < -0.4 is 10.6 Å². The van der Waals surface area contributed by atoms with E-state index in [9.17, 15) is 4.79 Å². The molecular weight excluding hydrogens is 256 g/mol. The molecule has 1 aromatic carbocycles. The lowest BCUT2D eigenvalue weighted by atomic mass is 10.1. The summed E-state index contributed by atoms with van der Waals surface area (Å²) in [5.74, 6) is -0.396. The van der Waals surface area contributed by atoms with Crippen molar-refractivity contribution in [3.8, 4) is 0 Å². The molecule has 0 aliphatic carbocycles. The molecule has 1 fully saturated rings. The SMILES string of the molecule is CCC1CN(c2cc(C)c(N)c(C(=O)OC)c2)CCO1. The monoisotopic (exact) mass is 278 g/mol. The molecule has 20 heavy (non-hydrogen) atoms. The van der Waals surface area contributed by atoms with Gasteiger partial charge < -0.3 is 20.1 Å². The largest absolute Gasteiger partial charge is 0.465 e. The van der Waals surface area contributed by atoms with Crippen LogP contribution in [0.2, 0.25) is 0 Å². The molecule has 5 heteroatoms. The molecule has 2 N–H and O–H groups in total. The van der Waals surface area contributed by atoms with Gasteiger partial charge in [-0.05, 0) is 31.0 Å². The zero-order valence-electron chi connectivity index (χ0n) is 12.3. The number of rotatable bonds is 3. The minimum absolute atomic E-state index is 0.239. The van der Waals surface area contributed by atoms with E-state index in [4.69, 9.17) is 15.2 Å². The maximum atomic E-state index is 11.8. The Bertz CT molecular complexity index is 502. The number of aryl methyl sites for hydroxylation is 1. The Morgan fingerprint density at radius 1 is 1.55 bits per heavy atom. The van der Waals surface area contributed by atoms with E-state index in [1.54, 1.807) is 0 Å². The predicted molar refractivity (Wildman–Crippen MR) is 79.2 cm³/mol. The zero-order chi connectivity index (χ0) is 14.7. The molecule has 1 heterocycles. The fourth-order valence-electron chi connectivity index (χ4n) is 2.44. The van der Waals surface area contributed by atoms with Gasteiger partial charge in [0.25, 0.3) is 0 Å². The van der Waals surface area contributed by atoms with Gasteiger partial charge >= 0.3 is 5.97 Å². The Morgan fingerprint density at radius 2 is 2.30 bits per heavy atom. The van der Waals surface area contributed by atoms with Gasteiger partial charge in [-0.25, -0.2) is 4.79 Å². The standard InChI is InChI=1S/C15H22N2O3/c1-4-12-9-17(5-6-20-12)11-7-10(2)14(16)13(8-11)15(18)19-3/h7-8,12H,4-6,9,16H2,1-3H3. The molecule has 5 nitrogen and oxygen atoms in total. The molecule has 1 unspecified atom stereocenters. The second-order valence-electron chi connectivity index (χ2n) is 5.06. The van der Waals surface area contributed by atoms with Crippen molar-refractivity contribution in [2.24, 2.45) is 0 Å². The van der Waals surface area contributed by atoms with Gasteiger partial charge in [0.2, 0.25) is 0 Å². The first-order chi connectivity index (χ1) is 9.56. The average molecular weight is 278 g/mol. The Labute approximate surface area is 119 Å². The maximum Gasteiger partial charge on any atom is 0.340 e. The van der Waals surface area contributed by atoms with Crippen LogP contribution in [0.25, 0.3) is 0 Å². The molecular formula is C15H22N2O3.